The summed E-state index contributed by atoms with van der Waals surface area (Å²) in [6.45, 7) is 50.1. The molecule has 5 aliphatic rings. The summed E-state index contributed by atoms with van der Waals surface area (Å²) in [6.07, 6.45) is 24.7. The molecule has 3 heterocycles. The summed E-state index contributed by atoms with van der Waals surface area (Å²) < 4.78 is 0. The van der Waals surface area contributed by atoms with Gasteiger partial charge in [-0.15, -0.1) is 0 Å². The first-order valence-corrected chi connectivity index (χ1v) is 27.2. The van der Waals surface area contributed by atoms with E-state index in [-0.39, 0.29) is 0 Å². The van der Waals surface area contributed by atoms with E-state index in [0.29, 0.717) is 0 Å². The van der Waals surface area contributed by atoms with Crippen LogP contribution in [0.1, 0.15) is 213 Å². The Morgan fingerprint density at radius 3 is 1.20 bits per heavy atom. The molecule has 0 bridgehead atoms. The molecule has 4 nitrogen and oxygen atoms in total. The number of rotatable bonds is 16. The van der Waals surface area contributed by atoms with E-state index in [1.165, 1.54) is 188 Å². The second-order valence-electron chi connectivity index (χ2n) is 22.0. The number of likely N-dealkylation sites (tertiary alicyclic amines) is 2. The molecule has 0 spiro atoms. The molecule has 1 unspecified atom stereocenters. The molecule has 0 N–H and O–H groups in total. The van der Waals surface area contributed by atoms with Crippen molar-refractivity contribution in [3.05, 3.63) is 0 Å². The van der Waals surface area contributed by atoms with E-state index in [2.05, 4.69) is 95.8 Å². The second-order valence-corrected chi connectivity index (χ2v) is 22.0. The Morgan fingerprint density at radius 1 is 0.424 bits per heavy atom. The number of hydrogen-bond donors (Lipinski definition) is 0. The van der Waals surface area contributed by atoms with Crippen LogP contribution in [0, 0.1) is 65.1 Å². The Morgan fingerprint density at radius 2 is 0.814 bits per heavy atom. The van der Waals surface area contributed by atoms with Crippen LogP contribution in [0.2, 0.25) is 0 Å². The van der Waals surface area contributed by atoms with Gasteiger partial charge in [0, 0.05) is 52.4 Å². The van der Waals surface area contributed by atoms with E-state index >= 15 is 0 Å². The minimum atomic E-state index is 0.813. The van der Waals surface area contributed by atoms with Gasteiger partial charge in [0.1, 0.15) is 0 Å². The van der Waals surface area contributed by atoms with Gasteiger partial charge in [-0.1, -0.05) is 130 Å². The zero-order valence-electron chi connectivity index (χ0n) is 43.6. The molecule has 354 valence electrons. The highest BCUT2D eigenvalue weighted by Gasteiger charge is 2.27. The monoisotopic (exact) mass is 831 g/mol. The molecule has 1 atom stereocenters. The maximum absolute atomic E-state index is 2.76. The minimum Gasteiger partial charge on any atom is -0.303 e. The molecule has 0 aromatic rings. The van der Waals surface area contributed by atoms with Crippen molar-refractivity contribution in [2.45, 2.75) is 213 Å². The lowest BCUT2D eigenvalue weighted by Crippen LogP contribution is -2.48. The molecule has 3 saturated heterocycles. The first-order valence-electron chi connectivity index (χ1n) is 27.2. The van der Waals surface area contributed by atoms with Crippen molar-refractivity contribution >= 4 is 0 Å². The lowest BCUT2D eigenvalue weighted by molar-refractivity contribution is 0.0945. The van der Waals surface area contributed by atoms with Gasteiger partial charge in [-0.05, 0) is 175 Å². The molecule has 0 aromatic heterocycles. The van der Waals surface area contributed by atoms with E-state index in [4.69, 9.17) is 0 Å². The second kappa shape index (κ2) is 34.3. The molecule has 2 saturated carbocycles. The molecular weight excluding hydrogens is 717 g/mol. The SMILES string of the molecule is CC.CC.CC(C)CC1CCN(CC2CCC(C)CC2)CC1.CC(C)CN1CCN(CC2CCC(C(C)C)CC2)CC1.CCCC(CC)CN1CCC(CC(C)C)CC1. The minimum absolute atomic E-state index is 0.813. The predicted octanol–water partition coefficient (Wildman–Crippen LogP) is 14.9. The topological polar surface area (TPSA) is 13.0 Å². The largest absolute Gasteiger partial charge is 0.303 e. The Kier molecular flexibility index (Phi) is 33.0. The highest BCUT2D eigenvalue weighted by atomic mass is 15.3. The normalized spacial score (nSPS) is 26.3. The number of nitrogens with zero attached hydrogens (tertiary/aromatic N) is 4. The number of piperazine rings is 1. The van der Waals surface area contributed by atoms with Gasteiger partial charge in [0.25, 0.3) is 0 Å². The van der Waals surface area contributed by atoms with Crippen LogP contribution in [-0.2, 0) is 0 Å². The summed E-state index contributed by atoms with van der Waals surface area (Å²) in [5.74, 6) is 10.5. The van der Waals surface area contributed by atoms with Crippen molar-refractivity contribution < 1.29 is 0 Å². The van der Waals surface area contributed by atoms with Crippen LogP contribution in [0.15, 0.2) is 0 Å². The first kappa shape index (κ1) is 56.9. The Bertz CT molecular complexity index is 892. The molecule has 0 amide bonds. The summed E-state index contributed by atoms with van der Waals surface area (Å²) in [4.78, 5) is 10.9. The van der Waals surface area contributed by atoms with Crippen LogP contribution in [0.3, 0.4) is 0 Å². The van der Waals surface area contributed by atoms with Crippen LogP contribution in [0.4, 0.5) is 0 Å². The first-order chi connectivity index (χ1) is 28.3. The standard InChI is InChI=1S/C18H36N2.C17H33N.C16H33N.2C2H6/c1-15(2)13-19-9-11-20(12-10-19)14-17-5-7-18(8-6-17)16(3)4;1-14(2)12-16-8-10-18(11-9-16)13-17-6-4-15(3)5-7-17;1-5-7-15(6-2)13-17-10-8-16(9-11-17)12-14(3)4;2*1-2/h15-18H,5-14H2,1-4H3;14-17H,4-13H2,1-3H3;14-16H,5-13H2,1-4H3;2*1-2H3. The summed E-state index contributed by atoms with van der Waals surface area (Å²) in [5.41, 5.74) is 0. The molecule has 5 rings (SSSR count). The van der Waals surface area contributed by atoms with Crippen LogP contribution in [0.25, 0.3) is 0 Å². The third-order valence-electron chi connectivity index (χ3n) is 14.9. The van der Waals surface area contributed by atoms with Crippen molar-refractivity contribution in [2.24, 2.45) is 65.1 Å². The summed E-state index contributed by atoms with van der Waals surface area (Å²) in [7, 11) is 0. The quantitative estimate of drug-likeness (QED) is 0.154. The van der Waals surface area contributed by atoms with Gasteiger partial charge in [-0.2, -0.15) is 0 Å². The molecule has 2 aliphatic carbocycles. The van der Waals surface area contributed by atoms with Crippen molar-refractivity contribution in [1.82, 2.24) is 19.6 Å². The third kappa shape index (κ3) is 26.3. The maximum atomic E-state index is 2.76. The van der Waals surface area contributed by atoms with E-state index in [1.807, 2.05) is 27.7 Å². The van der Waals surface area contributed by atoms with Gasteiger partial charge in [-0.3, -0.25) is 0 Å². The van der Waals surface area contributed by atoms with Crippen molar-refractivity contribution in [2.75, 3.05) is 78.5 Å². The van der Waals surface area contributed by atoms with Crippen LogP contribution in [-0.4, -0.2) is 98.1 Å². The van der Waals surface area contributed by atoms with Gasteiger partial charge in [-0.25, -0.2) is 0 Å². The van der Waals surface area contributed by atoms with Crippen LogP contribution in [0.5, 0.6) is 0 Å². The van der Waals surface area contributed by atoms with Crippen molar-refractivity contribution in [3.8, 4) is 0 Å². The summed E-state index contributed by atoms with van der Waals surface area (Å²) >= 11 is 0. The highest BCUT2D eigenvalue weighted by molar-refractivity contribution is 4.81. The zero-order valence-corrected chi connectivity index (χ0v) is 43.6. The highest BCUT2D eigenvalue weighted by Crippen LogP contribution is 2.34. The molecular formula is C55H114N4. The average Bonchev–Trinajstić information content (AvgIpc) is 3.22. The molecule has 5 fully saturated rings. The maximum Gasteiger partial charge on any atom is 0.0110 e. The summed E-state index contributed by atoms with van der Waals surface area (Å²) in [5, 5.41) is 0. The summed E-state index contributed by atoms with van der Waals surface area (Å²) in [6, 6.07) is 0. The number of hydrogen-bond acceptors (Lipinski definition) is 4. The van der Waals surface area contributed by atoms with Gasteiger partial charge >= 0.3 is 0 Å². The smallest absolute Gasteiger partial charge is 0.0110 e. The van der Waals surface area contributed by atoms with Crippen LogP contribution >= 0.6 is 0 Å². The molecule has 0 aromatic carbocycles. The average molecular weight is 832 g/mol. The van der Waals surface area contributed by atoms with Crippen LogP contribution < -0.4 is 0 Å². The molecule has 4 heteroatoms. The molecule has 59 heavy (non-hydrogen) atoms. The number of piperidine rings is 2. The predicted molar refractivity (Wildman–Crippen MR) is 268 cm³/mol. The van der Waals surface area contributed by atoms with Crippen molar-refractivity contribution in [1.29, 1.82) is 0 Å². The Balaban J connectivity index is 0.000000425. The fourth-order valence-electron chi connectivity index (χ4n) is 11.3. The zero-order chi connectivity index (χ0) is 44.2. The molecule has 0 radical (unpaired) electrons. The van der Waals surface area contributed by atoms with Crippen molar-refractivity contribution in [3.63, 3.8) is 0 Å². The Labute approximate surface area is 374 Å². The lowest BCUT2D eigenvalue weighted by Gasteiger charge is -2.39. The fourth-order valence-corrected chi connectivity index (χ4v) is 11.3. The van der Waals surface area contributed by atoms with E-state index in [9.17, 15) is 0 Å². The van der Waals surface area contributed by atoms with Gasteiger partial charge in [0.15, 0.2) is 0 Å². The van der Waals surface area contributed by atoms with E-state index in [1.54, 1.807) is 0 Å². The Hall–Kier alpha value is -0.160. The van der Waals surface area contributed by atoms with E-state index < -0.39 is 0 Å². The third-order valence-corrected chi connectivity index (χ3v) is 14.9. The van der Waals surface area contributed by atoms with Gasteiger partial charge < -0.3 is 19.6 Å². The fraction of sp³-hybridized carbons (Fsp3) is 1.00. The van der Waals surface area contributed by atoms with Gasteiger partial charge in [0.05, 0.1) is 0 Å². The van der Waals surface area contributed by atoms with Gasteiger partial charge in [0.2, 0.25) is 0 Å². The van der Waals surface area contributed by atoms with E-state index in [0.717, 1.165) is 65.1 Å². The lowest BCUT2D eigenvalue weighted by atomic mass is 9.77. The molecule has 3 aliphatic heterocycles.